The molecule has 1 aromatic rings. The minimum atomic E-state index is -1.07. The summed E-state index contributed by atoms with van der Waals surface area (Å²) in [4.78, 5) is 29.3. The molecule has 1 aliphatic rings. The van der Waals surface area contributed by atoms with Crippen LogP contribution in [0.15, 0.2) is 12.5 Å². The van der Waals surface area contributed by atoms with E-state index in [1.165, 1.54) is 0 Å². The van der Waals surface area contributed by atoms with Crippen molar-refractivity contribution in [1.29, 1.82) is 0 Å². The Labute approximate surface area is 123 Å². The average molecular weight is 295 g/mol. The van der Waals surface area contributed by atoms with Crippen LogP contribution in [-0.4, -0.2) is 50.7 Å². The molecule has 0 spiro atoms. The lowest BCUT2D eigenvalue weighted by Crippen LogP contribution is -2.52. The van der Waals surface area contributed by atoms with Crippen LogP contribution < -0.4 is 0 Å². The first kappa shape index (κ1) is 15.5. The SMILES string of the molecule is CCCN1C(=O)COC(C(=O)O)C1c1cncn1C(C)C. The number of ether oxygens (including phenoxy) is 1. The summed E-state index contributed by atoms with van der Waals surface area (Å²) >= 11 is 0. The van der Waals surface area contributed by atoms with Crippen LogP contribution >= 0.6 is 0 Å². The summed E-state index contributed by atoms with van der Waals surface area (Å²) in [5, 5.41) is 9.42. The Morgan fingerprint density at radius 3 is 2.86 bits per heavy atom. The molecule has 7 heteroatoms. The van der Waals surface area contributed by atoms with Gasteiger partial charge in [0.25, 0.3) is 0 Å². The number of rotatable bonds is 5. The number of hydrogen-bond donors (Lipinski definition) is 1. The molecule has 116 valence electrons. The fourth-order valence-electron chi connectivity index (χ4n) is 2.65. The lowest BCUT2D eigenvalue weighted by molar-refractivity contribution is -0.173. The van der Waals surface area contributed by atoms with Crippen molar-refractivity contribution in [3.63, 3.8) is 0 Å². The van der Waals surface area contributed by atoms with E-state index in [0.29, 0.717) is 12.2 Å². The van der Waals surface area contributed by atoms with E-state index in [1.54, 1.807) is 17.4 Å². The molecule has 1 aromatic heterocycles. The van der Waals surface area contributed by atoms with Gasteiger partial charge in [-0.05, 0) is 20.3 Å². The van der Waals surface area contributed by atoms with Gasteiger partial charge in [-0.3, -0.25) is 4.79 Å². The second-order valence-corrected chi connectivity index (χ2v) is 5.42. The molecule has 2 rings (SSSR count). The average Bonchev–Trinajstić information content (AvgIpc) is 2.89. The lowest BCUT2D eigenvalue weighted by Gasteiger charge is -2.39. The highest BCUT2D eigenvalue weighted by Crippen LogP contribution is 2.31. The van der Waals surface area contributed by atoms with Crippen LogP contribution in [0.4, 0.5) is 0 Å². The van der Waals surface area contributed by atoms with E-state index in [-0.39, 0.29) is 18.6 Å². The number of carbonyl (C=O) groups excluding carboxylic acids is 1. The molecule has 0 radical (unpaired) electrons. The number of nitrogens with zero attached hydrogens (tertiary/aromatic N) is 3. The number of morpholine rings is 1. The molecule has 7 nitrogen and oxygen atoms in total. The number of carbonyl (C=O) groups is 2. The second-order valence-electron chi connectivity index (χ2n) is 5.42. The van der Waals surface area contributed by atoms with Gasteiger partial charge in [0.1, 0.15) is 12.6 Å². The number of hydrogen-bond acceptors (Lipinski definition) is 4. The van der Waals surface area contributed by atoms with Crippen LogP contribution in [0.25, 0.3) is 0 Å². The summed E-state index contributed by atoms with van der Waals surface area (Å²) in [6.07, 6.45) is 2.96. The number of amides is 1. The molecule has 1 N–H and O–H groups in total. The number of carboxylic acid groups (broad SMARTS) is 1. The van der Waals surface area contributed by atoms with Gasteiger partial charge >= 0.3 is 5.97 Å². The van der Waals surface area contributed by atoms with Gasteiger partial charge in [-0.1, -0.05) is 6.92 Å². The molecule has 2 atom stereocenters. The summed E-state index contributed by atoms with van der Waals surface area (Å²) in [6, 6.07) is -0.522. The third kappa shape index (κ3) is 2.92. The molecule has 21 heavy (non-hydrogen) atoms. The number of aromatic nitrogens is 2. The minimum absolute atomic E-state index is 0.123. The van der Waals surface area contributed by atoms with Crippen molar-refractivity contribution in [2.24, 2.45) is 0 Å². The van der Waals surface area contributed by atoms with E-state index in [2.05, 4.69) is 4.98 Å². The van der Waals surface area contributed by atoms with Gasteiger partial charge in [0, 0.05) is 12.6 Å². The van der Waals surface area contributed by atoms with Gasteiger partial charge in [0.05, 0.1) is 18.2 Å². The smallest absolute Gasteiger partial charge is 0.335 e. The lowest BCUT2D eigenvalue weighted by atomic mass is 10.0. The van der Waals surface area contributed by atoms with Gasteiger partial charge in [0.2, 0.25) is 5.91 Å². The molecule has 2 heterocycles. The standard InChI is InChI=1S/C14H21N3O4/c1-4-5-16-11(18)7-21-13(14(19)20)12(16)10-6-15-8-17(10)9(2)3/h6,8-9,12-13H,4-5,7H2,1-3H3,(H,19,20). The zero-order valence-corrected chi connectivity index (χ0v) is 12.5. The predicted octanol–water partition coefficient (Wildman–Crippen LogP) is 1.23. The van der Waals surface area contributed by atoms with Crippen LogP contribution in [0.3, 0.4) is 0 Å². The van der Waals surface area contributed by atoms with E-state index < -0.39 is 18.1 Å². The van der Waals surface area contributed by atoms with Gasteiger partial charge in [-0.2, -0.15) is 0 Å². The highest BCUT2D eigenvalue weighted by molar-refractivity contribution is 5.82. The topological polar surface area (TPSA) is 84.7 Å². The van der Waals surface area contributed by atoms with Crippen molar-refractivity contribution in [3.8, 4) is 0 Å². The van der Waals surface area contributed by atoms with E-state index in [1.807, 2.05) is 25.3 Å². The molecule has 1 amide bonds. The normalized spacial score (nSPS) is 22.9. The van der Waals surface area contributed by atoms with Crippen molar-refractivity contribution in [2.75, 3.05) is 13.2 Å². The molecule has 0 aliphatic carbocycles. The maximum absolute atomic E-state index is 12.1. The number of aliphatic carboxylic acids is 1. The number of imidazole rings is 1. The molecular weight excluding hydrogens is 274 g/mol. The zero-order chi connectivity index (χ0) is 15.6. The van der Waals surface area contributed by atoms with E-state index in [0.717, 1.165) is 6.42 Å². The quantitative estimate of drug-likeness (QED) is 0.883. The van der Waals surface area contributed by atoms with Crippen LogP contribution in [0.1, 0.15) is 45.0 Å². The summed E-state index contributed by atoms with van der Waals surface area (Å²) in [5.41, 5.74) is 0.693. The molecule has 1 aliphatic heterocycles. The van der Waals surface area contributed by atoms with E-state index >= 15 is 0 Å². The number of carboxylic acids is 1. The molecule has 0 aromatic carbocycles. The largest absolute Gasteiger partial charge is 0.479 e. The second kappa shape index (κ2) is 6.26. The van der Waals surface area contributed by atoms with Crippen molar-refractivity contribution in [2.45, 2.75) is 45.4 Å². The third-order valence-corrected chi connectivity index (χ3v) is 3.59. The minimum Gasteiger partial charge on any atom is -0.479 e. The van der Waals surface area contributed by atoms with E-state index in [4.69, 9.17) is 4.74 Å². The summed E-state index contributed by atoms with van der Waals surface area (Å²) in [7, 11) is 0. The zero-order valence-electron chi connectivity index (χ0n) is 12.5. The molecular formula is C14H21N3O4. The van der Waals surface area contributed by atoms with E-state index in [9.17, 15) is 14.7 Å². The van der Waals surface area contributed by atoms with Crippen molar-refractivity contribution < 1.29 is 19.4 Å². The van der Waals surface area contributed by atoms with Crippen molar-refractivity contribution in [1.82, 2.24) is 14.5 Å². The summed E-state index contributed by atoms with van der Waals surface area (Å²) in [5.74, 6) is -1.25. The van der Waals surface area contributed by atoms with Gasteiger partial charge in [0.15, 0.2) is 6.10 Å². The van der Waals surface area contributed by atoms with Crippen LogP contribution in [0.5, 0.6) is 0 Å². The Bertz CT molecular complexity index is 526. The molecule has 1 saturated heterocycles. The highest BCUT2D eigenvalue weighted by Gasteiger charge is 2.43. The fourth-order valence-corrected chi connectivity index (χ4v) is 2.65. The van der Waals surface area contributed by atoms with Crippen LogP contribution in [0, 0.1) is 0 Å². The predicted molar refractivity (Wildman–Crippen MR) is 74.7 cm³/mol. The third-order valence-electron chi connectivity index (χ3n) is 3.59. The molecule has 1 fully saturated rings. The first-order chi connectivity index (χ1) is 9.97. The molecule has 0 bridgehead atoms. The summed E-state index contributed by atoms with van der Waals surface area (Å²) < 4.78 is 7.15. The van der Waals surface area contributed by atoms with Crippen molar-refractivity contribution >= 4 is 11.9 Å². The first-order valence-electron chi connectivity index (χ1n) is 7.13. The highest BCUT2D eigenvalue weighted by atomic mass is 16.5. The Morgan fingerprint density at radius 2 is 2.29 bits per heavy atom. The summed E-state index contributed by atoms with van der Waals surface area (Å²) in [6.45, 7) is 6.23. The molecule has 2 unspecified atom stereocenters. The Kier molecular flexibility index (Phi) is 4.62. The molecule has 0 saturated carbocycles. The van der Waals surface area contributed by atoms with Gasteiger partial charge in [-0.25, -0.2) is 9.78 Å². The Morgan fingerprint density at radius 1 is 1.57 bits per heavy atom. The first-order valence-corrected chi connectivity index (χ1v) is 7.13. The maximum atomic E-state index is 12.1. The Balaban J connectivity index is 2.46. The monoisotopic (exact) mass is 295 g/mol. The van der Waals surface area contributed by atoms with Crippen LogP contribution in [0.2, 0.25) is 0 Å². The van der Waals surface area contributed by atoms with Crippen LogP contribution in [-0.2, 0) is 14.3 Å². The van der Waals surface area contributed by atoms with Crippen molar-refractivity contribution in [3.05, 3.63) is 18.2 Å². The van der Waals surface area contributed by atoms with Gasteiger partial charge in [-0.15, -0.1) is 0 Å². The Hall–Kier alpha value is -1.89. The fraction of sp³-hybridized carbons (Fsp3) is 0.643. The van der Waals surface area contributed by atoms with Gasteiger partial charge < -0.3 is 19.3 Å². The maximum Gasteiger partial charge on any atom is 0.335 e.